The number of amides is 2. The molecule has 0 aliphatic carbocycles. The summed E-state index contributed by atoms with van der Waals surface area (Å²) in [5.74, 6) is -1.27. The first-order valence-corrected chi connectivity index (χ1v) is 12.0. The van der Waals surface area contributed by atoms with Crippen LogP contribution in [0.2, 0.25) is 0 Å². The molecule has 1 heterocycles. The van der Waals surface area contributed by atoms with E-state index in [1.54, 1.807) is 18.0 Å². The van der Waals surface area contributed by atoms with Crippen molar-refractivity contribution in [2.45, 2.75) is 105 Å². The fourth-order valence-corrected chi connectivity index (χ4v) is 4.31. The second-order valence-electron chi connectivity index (χ2n) is 10.7. The average molecular weight is 452 g/mol. The van der Waals surface area contributed by atoms with Crippen LogP contribution in [0.25, 0.3) is 0 Å². The summed E-state index contributed by atoms with van der Waals surface area (Å²) >= 11 is 0. The average Bonchev–Trinajstić information content (AvgIpc) is 2.72. The van der Waals surface area contributed by atoms with Crippen molar-refractivity contribution < 1.29 is 19.5 Å². The molecular weight excluding hydrogens is 406 g/mol. The third-order valence-electron chi connectivity index (χ3n) is 6.64. The number of hydrogen-bond donors (Lipinski definition) is 2. The van der Waals surface area contributed by atoms with Crippen molar-refractivity contribution >= 4 is 17.8 Å². The molecule has 0 spiro atoms. The normalized spacial score (nSPS) is 21.1. The molecule has 1 aliphatic rings. The summed E-state index contributed by atoms with van der Waals surface area (Å²) in [6, 6.07) is -1.00. The summed E-state index contributed by atoms with van der Waals surface area (Å²) in [5, 5.41) is 12.4. The number of hydrogen-bond acceptors (Lipinski definition) is 4. The number of carboxylic acids is 1. The van der Waals surface area contributed by atoms with Crippen molar-refractivity contribution in [3.8, 4) is 0 Å². The number of aliphatic carboxylic acids is 1. The van der Waals surface area contributed by atoms with Crippen LogP contribution in [0.1, 0.15) is 81.1 Å². The summed E-state index contributed by atoms with van der Waals surface area (Å²) < 4.78 is 0. The molecule has 1 aliphatic heterocycles. The van der Waals surface area contributed by atoms with Crippen LogP contribution in [0.15, 0.2) is 11.6 Å². The van der Waals surface area contributed by atoms with Crippen molar-refractivity contribution in [3.63, 3.8) is 0 Å². The van der Waals surface area contributed by atoms with Gasteiger partial charge >= 0.3 is 5.97 Å². The monoisotopic (exact) mass is 451 g/mol. The van der Waals surface area contributed by atoms with Gasteiger partial charge in [0.2, 0.25) is 11.8 Å². The number of piperidine rings is 1. The number of rotatable bonds is 9. The van der Waals surface area contributed by atoms with Crippen LogP contribution in [0.4, 0.5) is 0 Å². The summed E-state index contributed by atoms with van der Waals surface area (Å²) in [7, 11) is 1.69. The van der Waals surface area contributed by atoms with Crippen LogP contribution < -0.4 is 5.32 Å². The van der Waals surface area contributed by atoms with E-state index >= 15 is 0 Å². The number of likely N-dealkylation sites (N-methyl/N-ethyl adjacent to an activating group) is 1. The van der Waals surface area contributed by atoms with E-state index in [0.717, 1.165) is 32.2 Å². The molecule has 2 N–H and O–H groups in total. The van der Waals surface area contributed by atoms with E-state index in [1.807, 2.05) is 34.6 Å². The Morgan fingerprint density at radius 3 is 2.25 bits per heavy atom. The number of likely N-dealkylation sites (tertiary alicyclic amines) is 1. The van der Waals surface area contributed by atoms with Crippen molar-refractivity contribution in [2.24, 2.45) is 11.3 Å². The van der Waals surface area contributed by atoms with Gasteiger partial charge in [0.15, 0.2) is 0 Å². The van der Waals surface area contributed by atoms with Crippen LogP contribution in [0.5, 0.6) is 0 Å². The van der Waals surface area contributed by atoms with Crippen molar-refractivity contribution in [2.75, 3.05) is 13.6 Å². The fourth-order valence-electron chi connectivity index (χ4n) is 4.31. The Labute approximate surface area is 194 Å². The van der Waals surface area contributed by atoms with Crippen molar-refractivity contribution in [3.05, 3.63) is 11.6 Å². The van der Waals surface area contributed by atoms with Gasteiger partial charge in [-0.05, 0) is 51.0 Å². The SMILES string of the molecule is CCC(C)N1CCCCC1C(=O)N[C@H](C(=O)N(C)[C@H](C=C(C)C(=O)O)C(C)C)C(C)(C)C. The Bertz CT molecular complexity index is 696. The zero-order valence-electron chi connectivity index (χ0n) is 21.6. The van der Waals surface area contributed by atoms with E-state index in [9.17, 15) is 19.5 Å². The van der Waals surface area contributed by atoms with Crippen LogP contribution in [0, 0.1) is 11.3 Å². The third kappa shape index (κ3) is 7.32. The standard InChI is InChI=1S/C25H45N3O4/c1-10-18(5)28-14-12-11-13-19(28)22(29)26-21(25(6,7)8)23(30)27(9)20(16(2)3)15-17(4)24(31)32/h15-16,18-21H,10-14H2,1-9H3,(H,26,29)(H,31,32)/t18?,19?,20-,21-/m1/s1. The topological polar surface area (TPSA) is 90.0 Å². The first kappa shape index (κ1) is 28.1. The number of nitrogens with one attached hydrogen (secondary N) is 1. The predicted octanol–water partition coefficient (Wildman–Crippen LogP) is 3.68. The Morgan fingerprint density at radius 2 is 1.78 bits per heavy atom. The molecule has 0 aromatic rings. The Kier molecular flexibility index (Phi) is 10.4. The van der Waals surface area contributed by atoms with Gasteiger partial charge in [-0.25, -0.2) is 4.79 Å². The second-order valence-corrected chi connectivity index (χ2v) is 10.7. The molecule has 4 atom stereocenters. The van der Waals surface area contributed by atoms with E-state index in [0.29, 0.717) is 6.04 Å². The highest BCUT2D eigenvalue weighted by atomic mass is 16.4. The molecule has 32 heavy (non-hydrogen) atoms. The highest BCUT2D eigenvalue weighted by Gasteiger charge is 2.40. The van der Waals surface area contributed by atoms with E-state index in [2.05, 4.69) is 24.1 Å². The molecular formula is C25H45N3O4. The molecule has 1 saturated heterocycles. The van der Waals surface area contributed by atoms with E-state index < -0.39 is 17.4 Å². The van der Waals surface area contributed by atoms with Crippen LogP contribution in [-0.2, 0) is 14.4 Å². The minimum Gasteiger partial charge on any atom is -0.478 e. The molecule has 0 saturated carbocycles. The summed E-state index contributed by atoms with van der Waals surface area (Å²) in [5.41, 5.74) is -0.296. The lowest BCUT2D eigenvalue weighted by molar-refractivity contribution is -0.142. The minimum atomic E-state index is -1.00. The van der Waals surface area contributed by atoms with Gasteiger partial charge in [0.1, 0.15) is 6.04 Å². The maximum Gasteiger partial charge on any atom is 0.331 e. The van der Waals surface area contributed by atoms with Gasteiger partial charge in [-0.2, -0.15) is 0 Å². The molecule has 184 valence electrons. The van der Waals surface area contributed by atoms with Gasteiger partial charge < -0.3 is 15.3 Å². The summed E-state index contributed by atoms with van der Waals surface area (Å²) in [4.78, 5) is 42.2. The highest BCUT2D eigenvalue weighted by Crippen LogP contribution is 2.26. The summed E-state index contributed by atoms with van der Waals surface area (Å²) in [6.45, 7) is 16.5. The molecule has 0 bridgehead atoms. The molecule has 7 heteroatoms. The quantitative estimate of drug-likeness (QED) is 0.522. The number of carboxylic acid groups (broad SMARTS) is 1. The lowest BCUT2D eigenvalue weighted by atomic mass is 9.84. The number of nitrogens with zero attached hydrogens (tertiary/aromatic N) is 2. The maximum atomic E-state index is 13.6. The fraction of sp³-hybridized carbons (Fsp3) is 0.800. The zero-order chi connectivity index (χ0) is 24.8. The maximum absolute atomic E-state index is 13.6. The molecule has 7 nitrogen and oxygen atoms in total. The lowest BCUT2D eigenvalue weighted by Crippen LogP contribution is -2.60. The first-order valence-electron chi connectivity index (χ1n) is 12.0. The summed E-state index contributed by atoms with van der Waals surface area (Å²) in [6.07, 6.45) is 5.49. The molecule has 0 aromatic heterocycles. The first-order chi connectivity index (χ1) is 14.7. The smallest absolute Gasteiger partial charge is 0.331 e. The molecule has 2 amide bonds. The minimum absolute atomic E-state index is 0.0220. The van der Waals surface area contributed by atoms with Gasteiger partial charge in [0.25, 0.3) is 0 Å². The second kappa shape index (κ2) is 11.8. The van der Waals surface area contributed by atoms with E-state index in [-0.39, 0.29) is 35.4 Å². The predicted molar refractivity (Wildman–Crippen MR) is 128 cm³/mol. The van der Waals surface area contributed by atoms with Gasteiger partial charge in [0.05, 0.1) is 12.1 Å². The largest absolute Gasteiger partial charge is 0.478 e. The van der Waals surface area contributed by atoms with Crippen molar-refractivity contribution in [1.29, 1.82) is 0 Å². The third-order valence-corrected chi connectivity index (χ3v) is 6.64. The van der Waals surface area contributed by atoms with Gasteiger partial charge in [0, 0.05) is 18.7 Å². The number of carbonyl (C=O) groups is 3. The number of carbonyl (C=O) groups excluding carboxylic acids is 2. The Balaban J connectivity index is 3.16. The lowest BCUT2D eigenvalue weighted by Gasteiger charge is -2.41. The van der Waals surface area contributed by atoms with E-state index in [1.165, 1.54) is 6.92 Å². The van der Waals surface area contributed by atoms with Gasteiger partial charge in [-0.15, -0.1) is 0 Å². The zero-order valence-corrected chi connectivity index (χ0v) is 21.6. The molecule has 0 radical (unpaired) electrons. The van der Waals surface area contributed by atoms with Gasteiger partial charge in [-0.3, -0.25) is 14.5 Å². The van der Waals surface area contributed by atoms with Crippen LogP contribution in [-0.4, -0.2) is 70.4 Å². The molecule has 2 unspecified atom stereocenters. The van der Waals surface area contributed by atoms with E-state index in [4.69, 9.17) is 0 Å². The highest BCUT2D eigenvalue weighted by molar-refractivity contribution is 5.91. The Morgan fingerprint density at radius 1 is 1.19 bits per heavy atom. The Hall–Kier alpha value is -1.89. The molecule has 1 rings (SSSR count). The molecule has 0 aromatic carbocycles. The van der Waals surface area contributed by atoms with Crippen LogP contribution >= 0.6 is 0 Å². The van der Waals surface area contributed by atoms with Gasteiger partial charge in [-0.1, -0.05) is 54.0 Å². The van der Waals surface area contributed by atoms with Crippen LogP contribution in [0.3, 0.4) is 0 Å². The van der Waals surface area contributed by atoms with Crippen molar-refractivity contribution in [1.82, 2.24) is 15.1 Å². The molecule has 1 fully saturated rings.